The van der Waals surface area contributed by atoms with E-state index in [1.807, 2.05) is 30.3 Å². The van der Waals surface area contributed by atoms with Crippen molar-refractivity contribution < 1.29 is 9.59 Å². The van der Waals surface area contributed by atoms with Crippen LogP contribution in [0.15, 0.2) is 35.4 Å². The summed E-state index contributed by atoms with van der Waals surface area (Å²) in [5.41, 5.74) is 1.32. The molecule has 0 fully saturated rings. The molecule has 0 spiro atoms. The topological polar surface area (TPSA) is 49.7 Å². The molecule has 1 amide bonds. The maximum absolute atomic E-state index is 12.6. The Hall–Kier alpha value is -1.49. The van der Waals surface area contributed by atoms with Crippen molar-refractivity contribution >= 4 is 39.0 Å². The van der Waals surface area contributed by atoms with Crippen molar-refractivity contribution in [3.63, 3.8) is 0 Å². The second kappa shape index (κ2) is 11.3. The average Bonchev–Trinajstić information content (AvgIpc) is 2.95. The number of hydrogen-bond donors (Lipinski definition) is 0. The number of carbonyl (C=O) groups is 2. The molecule has 5 heteroatoms. The number of hydrazone groups is 1. The number of nitrogens with zero attached hydrogens (tertiary/aromatic N) is 2. The highest BCUT2D eigenvalue weighted by atomic mass is 79.9. The molecule has 0 N–H and O–H groups in total. The molecule has 0 radical (unpaired) electrons. The number of amides is 1. The van der Waals surface area contributed by atoms with E-state index in [1.54, 1.807) is 6.92 Å². The first-order valence-corrected chi connectivity index (χ1v) is 10.8. The first-order chi connectivity index (χ1) is 12.6. The van der Waals surface area contributed by atoms with Crippen LogP contribution in [-0.4, -0.2) is 22.7 Å². The number of benzene rings is 1. The maximum atomic E-state index is 12.6. The summed E-state index contributed by atoms with van der Waals surface area (Å²) in [6.07, 6.45) is 9.92. The van der Waals surface area contributed by atoms with Crippen LogP contribution in [0.5, 0.6) is 0 Å². The predicted molar refractivity (Wildman–Crippen MR) is 111 cm³/mol. The molecule has 1 aliphatic heterocycles. The van der Waals surface area contributed by atoms with E-state index in [-0.39, 0.29) is 11.7 Å². The lowest BCUT2D eigenvalue weighted by Crippen LogP contribution is -2.32. The summed E-state index contributed by atoms with van der Waals surface area (Å²) < 4.78 is 0. The minimum Gasteiger partial charge on any atom is -0.298 e. The van der Waals surface area contributed by atoms with E-state index >= 15 is 0 Å². The Labute approximate surface area is 165 Å². The molecule has 0 saturated heterocycles. The fraction of sp³-hybridized carbons (Fsp3) is 0.571. The Morgan fingerprint density at radius 3 is 2.19 bits per heavy atom. The average molecular weight is 421 g/mol. The monoisotopic (exact) mass is 420 g/mol. The Morgan fingerprint density at radius 1 is 1.00 bits per heavy atom. The van der Waals surface area contributed by atoms with Gasteiger partial charge in [0.25, 0.3) is 5.91 Å². The van der Waals surface area contributed by atoms with Gasteiger partial charge in [0, 0.05) is 11.8 Å². The van der Waals surface area contributed by atoms with Gasteiger partial charge in [-0.1, -0.05) is 72.7 Å². The van der Waals surface area contributed by atoms with Crippen molar-refractivity contribution in [2.24, 2.45) is 11.0 Å². The van der Waals surface area contributed by atoms with Crippen molar-refractivity contribution in [3.8, 4) is 0 Å². The molecule has 1 aromatic rings. The highest BCUT2D eigenvalue weighted by molar-refractivity contribution is 9.09. The van der Waals surface area contributed by atoms with Crippen molar-refractivity contribution in [3.05, 3.63) is 30.3 Å². The van der Waals surface area contributed by atoms with Crippen LogP contribution < -0.4 is 5.01 Å². The van der Waals surface area contributed by atoms with Gasteiger partial charge in [-0.2, -0.15) is 10.1 Å². The van der Waals surface area contributed by atoms with E-state index in [4.69, 9.17) is 0 Å². The van der Waals surface area contributed by atoms with Crippen molar-refractivity contribution in [2.45, 2.75) is 64.7 Å². The highest BCUT2D eigenvalue weighted by Gasteiger charge is 2.38. The number of para-hydroxylation sites is 1. The molecule has 142 valence electrons. The van der Waals surface area contributed by atoms with Crippen LogP contribution in [-0.2, 0) is 9.59 Å². The van der Waals surface area contributed by atoms with E-state index in [0.29, 0.717) is 17.8 Å². The molecule has 1 aliphatic rings. The summed E-state index contributed by atoms with van der Waals surface area (Å²) in [6.45, 7) is 1.77. The first kappa shape index (κ1) is 20.8. The smallest absolute Gasteiger partial charge is 0.263 e. The fourth-order valence-corrected chi connectivity index (χ4v) is 3.69. The normalized spacial score (nSPS) is 16.8. The van der Waals surface area contributed by atoms with Gasteiger partial charge in [0.15, 0.2) is 5.78 Å². The largest absolute Gasteiger partial charge is 0.298 e. The summed E-state index contributed by atoms with van der Waals surface area (Å²) in [6, 6.07) is 9.29. The van der Waals surface area contributed by atoms with Crippen LogP contribution in [0, 0.1) is 5.92 Å². The van der Waals surface area contributed by atoms with E-state index in [9.17, 15) is 9.59 Å². The summed E-state index contributed by atoms with van der Waals surface area (Å²) >= 11 is 3.45. The van der Waals surface area contributed by atoms with Crippen molar-refractivity contribution in [1.82, 2.24) is 0 Å². The molecule has 0 saturated carbocycles. The van der Waals surface area contributed by atoms with E-state index in [0.717, 1.165) is 18.2 Å². The molecular formula is C21H29BrN2O2. The molecule has 0 bridgehead atoms. The van der Waals surface area contributed by atoms with Gasteiger partial charge in [0.1, 0.15) is 5.92 Å². The number of unbranched alkanes of at least 4 members (excludes halogenated alkanes) is 7. The van der Waals surface area contributed by atoms with Crippen LogP contribution in [0.4, 0.5) is 5.69 Å². The first-order valence-electron chi connectivity index (χ1n) is 9.68. The third-order valence-electron chi connectivity index (χ3n) is 4.76. The summed E-state index contributed by atoms with van der Waals surface area (Å²) in [5, 5.41) is 6.77. The third-order valence-corrected chi connectivity index (χ3v) is 5.32. The van der Waals surface area contributed by atoms with Crippen LogP contribution >= 0.6 is 15.9 Å². The Kier molecular flexibility index (Phi) is 9.02. The molecule has 2 rings (SSSR count). The third kappa shape index (κ3) is 6.04. The Morgan fingerprint density at radius 2 is 1.58 bits per heavy atom. The van der Waals surface area contributed by atoms with Crippen LogP contribution in [0.1, 0.15) is 64.7 Å². The van der Waals surface area contributed by atoms with Gasteiger partial charge < -0.3 is 0 Å². The number of halogens is 1. The van der Waals surface area contributed by atoms with E-state index in [2.05, 4.69) is 21.0 Å². The van der Waals surface area contributed by atoms with Crippen molar-refractivity contribution in [2.75, 3.05) is 10.3 Å². The Balaban J connectivity index is 1.70. The van der Waals surface area contributed by atoms with E-state index < -0.39 is 5.92 Å². The standard InChI is InChI=1S/C21H29BrN2O2/c1-17-20(21(26)24(23-17)18-13-9-8-10-14-18)19(25)15-11-6-4-2-3-5-7-12-16-22/h8-10,13-14,20H,2-7,11-12,15-16H2,1H3. The second-order valence-electron chi connectivity index (χ2n) is 6.89. The zero-order chi connectivity index (χ0) is 18.8. The van der Waals surface area contributed by atoms with Gasteiger partial charge in [-0.3, -0.25) is 9.59 Å². The molecule has 1 aromatic carbocycles. The molecular weight excluding hydrogens is 392 g/mol. The predicted octanol–water partition coefficient (Wildman–Crippen LogP) is 5.50. The number of anilines is 1. The van der Waals surface area contributed by atoms with E-state index in [1.165, 1.54) is 43.5 Å². The molecule has 4 nitrogen and oxygen atoms in total. The molecule has 0 aliphatic carbocycles. The number of hydrogen-bond acceptors (Lipinski definition) is 3. The highest BCUT2D eigenvalue weighted by Crippen LogP contribution is 2.25. The second-order valence-corrected chi connectivity index (χ2v) is 7.69. The van der Waals surface area contributed by atoms with Gasteiger partial charge >= 0.3 is 0 Å². The van der Waals surface area contributed by atoms with Crippen molar-refractivity contribution in [1.29, 1.82) is 0 Å². The minimum atomic E-state index is -0.695. The fourth-order valence-electron chi connectivity index (χ4n) is 3.29. The summed E-state index contributed by atoms with van der Waals surface area (Å²) in [7, 11) is 0. The summed E-state index contributed by atoms with van der Waals surface area (Å²) in [5.74, 6) is -0.906. The molecule has 0 aromatic heterocycles. The van der Waals surface area contributed by atoms with Crippen LogP contribution in [0.25, 0.3) is 0 Å². The maximum Gasteiger partial charge on any atom is 0.263 e. The Bertz CT molecular complexity index is 616. The lowest BCUT2D eigenvalue weighted by molar-refractivity contribution is -0.129. The zero-order valence-electron chi connectivity index (χ0n) is 15.6. The SMILES string of the molecule is CC1=NN(c2ccccc2)C(=O)C1C(=O)CCCCCCCCCCBr. The number of ketones is 1. The zero-order valence-corrected chi connectivity index (χ0v) is 17.2. The lowest BCUT2D eigenvalue weighted by Gasteiger charge is -2.13. The van der Waals surface area contributed by atoms with Crippen LogP contribution in [0.2, 0.25) is 0 Å². The van der Waals surface area contributed by atoms with Gasteiger partial charge in [0.05, 0.1) is 11.4 Å². The van der Waals surface area contributed by atoms with Gasteiger partial charge in [-0.05, 0) is 31.9 Å². The van der Waals surface area contributed by atoms with Crippen LogP contribution in [0.3, 0.4) is 0 Å². The minimum absolute atomic E-state index is 0.00648. The molecule has 1 atom stereocenters. The number of carbonyl (C=O) groups excluding carboxylic acids is 2. The molecule has 1 heterocycles. The lowest BCUT2D eigenvalue weighted by atomic mass is 9.94. The number of Topliss-reactive ketones (excluding diaryl/α,β-unsaturated/α-hetero) is 1. The molecule has 1 unspecified atom stereocenters. The quantitative estimate of drug-likeness (QED) is 0.254. The molecule has 26 heavy (non-hydrogen) atoms. The number of alkyl halides is 1. The van der Waals surface area contributed by atoms with Gasteiger partial charge in [-0.15, -0.1) is 0 Å². The van der Waals surface area contributed by atoms with Gasteiger partial charge in [-0.25, -0.2) is 0 Å². The number of rotatable bonds is 12. The summed E-state index contributed by atoms with van der Waals surface area (Å²) in [4.78, 5) is 25.1. The van der Waals surface area contributed by atoms with Gasteiger partial charge in [0.2, 0.25) is 0 Å².